The van der Waals surface area contributed by atoms with Crippen LogP contribution < -0.4 is 5.32 Å². The molecule has 1 fully saturated rings. The summed E-state index contributed by atoms with van der Waals surface area (Å²) in [6.07, 6.45) is 4.65. The second kappa shape index (κ2) is 13.8. The van der Waals surface area contributed by atoms with Crippen molar-refractivity contribution < 1.29 is 14.0 Å². The first-order chi connectivity index (χ1) is 18.0. The van der Waals surface area contributed by atoms with E-state index in [4.69, 9.17) is 0 Å². The van der Waals surface area contributed by atoms with Crippen molar-refractivity contribution in [2.75, 3.05) is 5.75 Å². The highest BCUT2D eigenvalue weighted by molar-refractivity contribution is 9.10. The number of rotatable bonds is 11. The third-order valence-electron chi connectivity index (χ3n) is 6.62. The predicted octanol–water partition coefficient (Wildman–Crippen LogP) is 6.52. The Kier molecular flexibility index (Phi) is 10.2. The first-order valence-electron chi connectivity index (χ1n) is 12.7. The molecule has 1 aliphatic carbocycles. The van der Waals surface area contributed by atoms with Crippen molar-refractivity contribution in [2.45, 2.75) is 56.5 Å². The number of carbonyl (C=O) groups excluding carboxylic acids is 2. The fourth-order valence-corrected chi connectivity index (χ4v) is 5.99. The molecule has 1 aliphatic rings. The molecule has 37 heavy (non-hydrogen) atoms. The Hall–Kier alpha value is -2.64. The van der Waals surface area contributed by atoms with Gasteiger partial charge in [-0.3, -0.25) is 9.59 Å². The molecule has 194 valence electrons. The van der Waals surface area contributed by atoms with Gasteiger partial charge in [-0.25, -0.2) is 4.39 Å². The van der Waals surface area contributed by atoms with E-state index in [9.17, 15) is 14.0 Å². The molecule has 0 unspecified atom stereocenters. The van der Waals surface area contributed by atoms with Crippen LogP contribution in [0.5, 0.6) is 0 Å². The van der Waals surface area contributed by atoms with Crippen LogP contribution in [0.3, 0.4) is 0 Å². The van der Waals surface area contributed by atoms with Gasteiger partial charge in [-0.15, -0.1) is 11.8 Å². The van der Waals surface area contributed by atoms with Gasteiger partial charge in [-0.1, -0.05) is 83.4 Å². The Labute approximate surface area is 231 Å². The first-order valence-corrected chi connectivity index (χ1v) is 14.6. The van der Waals surface area contributed by atoms with Crippen LogP contribution in [0.2, 0.25) is 0 Å². The summed E-state index contributed by atoms with van der Waals surface area (Å²) in [5.74, 6) is 0.362. The number of benzene rings is 3. The normalized spacial score (nSPS) is 14.3. The second-order valence-electron chi connectivity index (χ2n) is 9.47. The highest BCUT2D eigenvalue weighted by Gasteiger charge is 2.32. The zero-order valence-electron chi connectivity index (χ0n) is 20.7. The molecule has 0 saturated heterocycles. The van der Waals surface area contributed by atoms with Crippen LogP contribution in [0.1, 0.15) is 42.4 Å². The average molecular weight is 584 g/mol. The number of nitrogens with one attached hydrogen (secondary N) is 1. The lowest BCUT2D eigenvalue weighted by Gasteiger charge is -2.32. The maximum absolute atomic E-state index is 13.7. The summed E-state index contributed by atoms with van der Waals surface area (Å²) < 4.78 is 14.2. The SMILES string of the molecule is O=C(NC1CCCC1)[C@@H](Cc1ccccc1)N(Cc1cccc(Br)c1)C(=O)CSCc1ccc(F)cc1. The van der Waals surface area contributed by atoms with Crippen LogP contribution in [0, 0.1) is 5.82 Å². The topological polar surface area (TPSA) is 49.4 Å². The molecule has 0 aromatic heterocycles. The summed E-state index contributed by atoms with van der Waals surface area (Å²) in [5.41, 5.74) is 2.93. The minimum atomic E-state index is -0.624. The van der Waals surface area contributed by atoms with Crippen LogP contribution in [-0.2, 0) is 28.3 Å². The molecule has 1 N–H and O–H groups in total. The van der Waals surface area contributed by atoms with Gasteiger partial charge in [0, 0.05) is 29.2 Å². The van der Waals surface area contributed by atoms with Crippen molar-refractivity contribution in [2.24, 2.45) is 0 Å². The van der Waals surface area contributed by atoms with Crippen molar-refractivity contribution in [3.63, 3.8) is 0 Å². The molecule has 4 rings (SSSR count). The summed E-state index contributed by atoms with van der Waals surface area (Å²) in [6.45, 7) is 0.338. The van der Waals surface area contributed by atoms with Crippen molar-refractivity contribution >= 4 is 39.5 Å². The van der Waals surface area contributed by atoms with Crippen LogP contribution >= 0.6 is 27.7 Å². The Balaban J connectivity index is 1.56. The summed E-state index contributed by atoms with van der Waals surface area (Å²) >= 11 is 5.00. The average Bonchev–Trinajstić information content (AvgIpc) is 3.41. The standard InChI is InChI=1S/C30H32BrFN2O2S/c31-25-10-6-9-24(17-25)19-34(29(35)21-37-20-23-13-15-26(32)16-14-23)28(18-22-7-2-1-3-8-22)30(36)33-27-11-4-5-12-27/h1-3,6-10,13-17,27-28H,4-5,11-12,18-21H2,(H,33,36)/t28-/m1/s1. The molecule has 0 aliphatic heterocycles. The summed E-state index contributed by atoms with van der Waals surface area (Å²) in [5, 5.41) is 3.23. The van der Waals surface area contributed by atoms with Crippen LogP contribution in [0.25, 0.3) is 0 Å². The Bertz CT molecular complexity index is 1170. The maximum atomic E-state index is 13.7. The first kappa shape index (κ1) is 27.4. The minimum Gasteiger partial charge on any atom is -0.352 e. The molecule has 7 heteroatoms. The number of carbonyl (C=O) groups is 2. The van der Waals surface area contributed by atoms with Crippen molar-refractivity contribution in [3.8, 4) is 0 Å². The quantitative estimate of drug-likeness (QED) is 0.280. The molecule has 0 bridgehead atoms. The maximum Gasteiger partial charge on any atom is 0.243 e. The number of thioether (sulfide) groups is 1. The number of halogens is 2. The van der Waals surface area contributed by atoms with Gasteiger partial charge in [0.15, 0.2) is 0 Å². The van der Waals surface area contributed by atoms with Crippen LogP contribution in [0.4, 0.5) is 4.39 Å². The van der Waals surface area contributed by atoms with E-state index in [2.05, 4.69) is 21.2 Å². The van der Waals surface area contributed by atoms with Crippen molar-refractivity contribution in [3.05, 3.63) is 106 Å². The monoisotopic (exact) mass is 582 g/mol. The third kappa shape index (κ3) is 8.44. The molecular formula is C30H32BrFN2O2S. The van der Waals surface area contributed by atoms with E-state index in [1.807, 2.05) is 54.6 Å². The van der Waals surface area contributed by atoms with Gasteiger partial charge in [-0.05, 0) is 53.8 Å². The lowest BCUT2D eigenvalue weighted by Crippen LogP contribution is -2.52. The van der Waals surface area contributed by atoms with E-state index >= 15 is 0 Å². The summed E-state index contributed by atoms with van der Waals surface area (Å²) in [4.78, 5) is 29.1. The van der Waals surface area contributed by atoms with Crippen molar-refractivity contribution in [1.82, 2.24) is 10.2 Å². The number of hydrogen-bond donors (Lipinski definition) is 1. The summed E-state index contributed by atoms with van der Waals surface area (Å²) in [7, 11) is 0. The van der Waals surface area contributed by atoms with Gasteiger partial charge in [0.1, 0.15) is 11.9 Å². The molecule has 1 atom stereocenters. The molecule has 0 heterocycles. The highest BCUT2D eigenvalue weighted by Crippen LogP contribution is 2.22. The lowest BCUT2D eigenvalue weighted by atomic mass is 10.0. The molecule has 2 amide bonds. The largest absolute Gasteiger partial charge is 0.352 e. The number of amides is 2. The molecule has 1 saturated carbocycles. The van der Waals surface area contributed by atoms with Gasteiger partial charge in [0.25, 0.3) is 0 Å². The third-order valence-corrected chi connectivity index (χ3v) is 8.10. The molecule has 4 nitrogen and oxygen atoms in total. The van der Waals surface area contributed by atoms with Gasteiger partial charge >= 0.3 is 0 Å². The van der Waals surface area contributed by atoms with Crippen molar-refractivity contribution in [1.29, 1.82) is 0 Å². The lowest BCUT2D eigenvalue weighted by molar-refractivity contribution is -0.139. The molecular weight excluding hydrogens is 551 g/mol. The highest BCUT2D eigenvalue weighted by atomic mass is 79.9. The fourth-order valence-electron chi connectivity index (χ4n) is 4.67. The smallest absolute Gasteiger partial charge is 0.243 e. The van der Waals surface area contributed by atoms with E-state index in [0.29, 0.717) is 18.7 Å². The minimum absolute atomic E-state index is 0.0883. The predicted molar refractivity (Wildman–Crippen MR) is 152 cm³/mol. The van der Waals surface area contributed by atoms with Crippen LogP contribution in [-0.4, -0.2) is 34.6 Å². The Morgan fingerprint density at radius 3 is 2.35 bits per heavy atom. The molecule has 0 radical (unpaired) electrons. The molecule has 3 aromatic carbocycles. The summed E-state index contributed by atoms with van der Waals surface area (Å²) in [6, 6.07) is 23.6. The molecule has 0 spiro atoms. The second-order valence-corrected chi connectivity index (χ2v) is 11.4. The zero-order chi connectivity index (χ0) is 26.0. The zero-order valence-corrected chi connectivity index (χ0v) is 23.1. The van der Waals surface area contributed by atoms with Gasteiger partial charge in [0.2, 0.25) is 11.8 Å². The van der Waals surface area contributed by atoms with E-state index in [1.54, 1.807) is 17.0 Å². The Morgan fingerprint density at radius 1 is 0.946 bits per heavy atom. The number of nitrogens with zero attached hydrogens (tertiary/aromatic N) is 1. The number of hydrogen-bond acceptors (Lipinski definition) is 3. The van der Waals surface area contributed by atoms with Gasteiger partial charge < -0.3 is 10.2 Å². The van der Waals surface area contributed by atoms with Gasteiger partial charge in [0.05, 0.1) is 5.75 Å². The molecule has 3 aromatic rings. The van der Waals surface area contributed by atoms with E-state index in [0.717, 1.165) is 46.8 Å². The van der Waals surface area contributed by atoms with Gasteiger partial charge in [-0.2, -0.15) is 0 Å². The van der Waals surface area contributed by atoms with E-state index in [-0.39, 0.29) is 29.4 Å². The van der Waals surface area contributed by atoms with E-state index < -0.39 is 6.04 Å². The Morgan fingerprint density at radius 2 is 1.65 bits per heavy atom. The fraction of sp³-hybridized carbons (Fsp3) is 0.333. The van der Waals surface area contributed by atoms with Crippen LogP contribution in [0.15, 0.2) is 83.3 Å². The van der Waals surface area contributed by atoms with E-state index in [1.165, 1.54) is 23.9 Å².